The lowest BCUT2D eigenvalue weighted by atomic mass is 9.89. The quantitative estimate of drug-likeness (QED) is 0.931. The molecule has 1 fully saturated rings. The van der Waals surface area contributed by atoms with Crippen LogP contribution in [0.1, 0.15) is 31.4 Å². The number of nitrogens with one attached hydrogen (secondary N) is 1. The Morgan fingerprint density at radius 3 is 2.30 bits per heavy atom. The molecular weight excluding hydrogens is 310 g/mol. The number of sulfone groups is 1. The Balaban J connectivity index is 1.62. The van der Waals surface area contributed by atoms with Crippen molar-refractivity contribution in [2.45, 2.75) is 37.9 Å². The van der Waals surface area contributed by atoms with Gasteiger partial charge in [0.05, 0.1) is 22.0 Å². The minimum Gasteiger partial charge on any atom is -0.368 e. The first-order valence-electron chi connectivity index (χ1n) is 8.09. The highest BCUT2D eigenvalue weighted by molar-refractivity contribution is 7.91. The fourth-order valence-electron chi connectivity index (χ4n) is 3.26. The fourth-order valence-corrected chi connectivity index (χ4v) is 4.39. The summed E-state index contributed by atoms with van der Waals surface area (Å²) in [6.45, 7) is 2.78. The first kappa shape index (κ1) is 16.2. The van der Waals surface area contributed by atoms with Crippen molar-refractivity contribution in [3.63, 3.8) is 0 Å². The number of anilines is 1. The Hall–Kier alpha value is -1.69. The van der Waals surface area contributed by atoms with Crippen LogP contribution in [0.25, 0.3) is 11.0 Å². The third-order valence-electron chi connectivity index (χ3n) is 4.70. The van der Waals surface area contributed by atoms with Crippen molar-refractivity contribution >= 4 is 26.7 Å². The van der Waals surface area contributed by atoms with E-state index in [2.05, 4.69) is 15.3 Å². The summed E-state index contributed by atoms with van der Waals surface area (Å²) < 4.78 is 23.2. The minimum absolute atomic E-state index is 0.152. The van der Waals surface area contributed by atoms with Gasteiger partial charge in [-0.3, -0.25) is 0 Å². The number of benzene rings is 1. The second-order valence-electron chi connectivity index (χ2n) is 6.50. The summed E-state index contributed by atoms with van der Waals surface area (Å²) in [5, 5.41) is 3.25. The van der Waals surface area contributed by atoms with Gasteiger partial charge in [-0.05, 0) is 50.7 Å². The maximum absolute atomic E-state index is 11.6. The molecule has 0 unspecified atom stereocenters. The van der Waals surface area contributed by atoms with Gasteiger partial charge in [-0.25, -0.2) is 18.4 Å². The molecule has 1 aliphatic carbocycles. The van der Waals surface area contributed by atoms with Crippen LogP contribution < -0.4 is 5.32 Å². The van der Waals surface area contributed by atoms with E-state index in [0.717, 1.165) is 54.8 Å². The van der Waals surface area contributed by atoms with Gasteiger partial charge in [0.25, 0.3) is 0 Å². The Morgan fingerprint density at radius 1 is 1.09 bits per heavy atom. The number of rotatable bonds is 4. The third kappa shape index (κ3) is 3.80. The van der Waals surface area contributed by atoms with Gasteiger partial charge in [-0.2, -0.15) is 0 Å². The summed E-state index contributed by atoms with van der Waals surface area (Å²) in [5.41, 5.74) is 2.69. The van der Waals surface area contributed by atoms with Crippen molar-refractivity contribution in [2.75, 3.05) is 18.1 Å². The Bertz CT molecular complexity index is 797. The second kappa shape index (κ2) is 6.43. The van der Waals surface area contributed by atoms with E-state index in [0.29, 0.717) is 5.92 Å². The smallest absolute Gasteiger partial charge is 0.150 e. The van der Waals surface area contributed by atoms with Gasteiger partial charge in [0.2, 0.25) is 0 Å². The monoisotopic (exact) mass is 333 g/mol. The van der Waals surface area contributed by atoms with Gasteiger partial charge in [-0.15, -0.1) is 0 Å². The predicted octanol–water partition coefficient (Wildman–Crippen LogP) is 2.95. The molecule has 1 aliphatic rings. The first-order chi connectivity index (χ1) is 10.9. The number of nitrogens with zero attached hydrogens (tertiary/aromatic N) is 2. The summed E-state index contributed by atoms with van der Waals surface area (Å²) in [6.07, 6.45) is 4.79. The molecule has 124 valence electrons. The molecule has 23 heavy (non-hydrogen) atoms. The van der Waals surface area contributed by atoms with E-state index in [-0.39, 0.29) is 5.25 Å². The van der Waals surface area contributed by atoms with Crippen molar-refractivity contribution in [1.29, 1.82) is 0 Å². The molecule has 1 N–H and O–H groups in total. The summed E-state index contributed by atoms with van der Waals surface area (Å²) in [7, 11) is -2.89. The van der Waals surface area contributed by atoms with Gasteiger partial charge in [0, 0.05) is 12.8 Å². The van der Waals surface area contributed by atoms with Gasteiger partial charge in [0.1, 0.15) is 15.7 Å². The van der Waals surface area contributed by atoms with Gasteiger partial charge in [0.15, 0.2) is 0 Å². The van der Waals surface area contributed by atoms with Crippen molar-refractivity contribution in [2.24, 2.45) is 5.92 Å². The molecule has 6 heteroatoms. The van der Waals surface area contributed by atoms with Crippen LogP contribution in [0, 0.1) is 12.8 Å². The molecule has 0 atom stereocenters. The normalized spacial score (nSPS) is 22.2. The number of aryl methyl sites for hydroxylation is 1. The van der Waals surface area contributed by atoms with Crippen LogP contribution in [0.5, 0.6) is 0 Å². The first-order valence-corrected chi connectivity index (χ1v) is 10.0. The fraction of sp³-hybridized carbons (Fsp3) is 0.529. The van der Waals surface area contributed by atoms with Gasteiger partial charge in [-0.1, -0.05) is 12.1 Å². The van der Waals surface area contributed by atoms with Gasteiger partial charge >= 0.3 is 0 Å². The van der Waals surface area contributed by atoms with Crippen LogP contribution in [0.4, 0.5) is 5.82 Å². The van der Waals surface area contributed by atoms with Gasteiger partial charge < -0.3 is 5.32 Å². The molecule has 0 saturated heterocycles. The molecule has 1 saturated carbocycles. The number of aromatic nitrogens is 2. The van der Waals surface area contributed by atoms with E-state index in [9.17, 15) is 8.42 Å². The maximum Gasteiger partial charge on any atom is 0.150 e. The van der Waals surface area contributed by atoms with Crippen molar-refractivity contribution < 1.29 is 8.42 Å². The topological polar surface area (TPSA) is 72.0 Å². The largest absolute Gasteiger partial charge is 0.368 e. The molecule has 5 nitrogen and oxygen atoms in total. The number of hydrogen-bond acceptors (Lipinski definition) is 5. The molecule has 0 radical (unpaired) electrons. The van der Waals surface area contributed by atoms with Crippen LogP contribution >= 0.6 is 0 Å². The maximum atomic E-state index is 11.6. The molecule has 3 rings (SSSR count). The minimum atomic E-state index is -2.89. The summed E-state index contributed by atoms with van der Waals surface area (Å²) >= 11 is 0. The number of fused-ring (bicyclic) bond motifs is 1. The van der Waals surface area contributed by atoms with Crippen LogP contribution in [-0.4, -0.2) is 36.4 Å². The van der Waals surface area contributed by atoms with Crippen LogP contribution in [0.2, 0.25) is 0 Å². The lowest BCUT2D eigenvalue weighted by Crippen LogP contribution is -2.29. The Kier molecular flexibility index (Phi) is 4.53. The SMILES string of the molecule is Cc1nc2ccccc2nc1NCC1CCC(S(C)(=O)=O)CC1. The van der Waals surface area contributed by atoms with E-state index in [1.54, 1.807) is 0 Å². The molecule has 0 aliphatic heterocycles. The highest BCUT2D eigenvalue weighted by Crippen LogP contribution is 2.28. The summed E-state index contributed by atoms with van der Waals surface area (Å²) in [6, 6.07) is 7.85. The molecule has 0 amide bonds. The van der Waals surface area contributed by atoms with Crippen LogP contribution in [0.3, 0.4) is 0 Å². The summed E-state index contributed by atoms with van der Waals surface area (Å²) in [4.78, 5) is 9.22. The molecule has 1 heterocycles. The molecule has 0 spiro atoms. The van der Waals surface area contributed by atoms with Crippen molar-refractivity contribution in [3.8, 4) is 0 Å². The van der Waals surface area contributed by atoms with Crippen LogP contribution in [-0.2, 0) is 9.84 Å². The highest BCUT2D eigenvalue weighted by Gasteiger charge is 2.27. The third-order valence-corrected chi connectivity index (χ3v) is 6.38. The Labute approximate surface area is 137 Å². The van der Waals surface area contributed by atoms with E-state index in [1.165, 1.54) is 6.26 Å². The molecule has 1 aromatic carbocycles. The zero-order valence-electron chi connectivity index (χ0n) is 13.6. The summed E-state index contributed by atoms with van der Waals surface area (Å²) in [5.74, 6) is 1.33. The standard InChI is InChI=1S/C17H23N3O2S/c1-12-17(20-16-6-4-3-5-15(16)19-12)18-11-13-7-9-14(10-8-13)23(2,21)22/h3-6,13-14H,7-11H2,1-2H3,(H,18,20). The zero-order valence-corrected chi connectivity index (χ0v) is 14.4. The lowest BCUT2D eigenvalue weighted by Gasteiger charge is -2.27. The molecule has 2 aromatic rings. The lowest BCUT2D eigenvalue weighted by molar-refractivity contribution is 0.372. The highest BCUT2D eigenvalue weighted by atomic mass is 32.2. The average molecular weight is 333 g/mol. The van der Waals surface area contributed by atoms with E-state index in [4.69, 9.17) is 0 Å². The number of para-hydroxylation sites is 2. The number of hydrogen-bond donors (Lipinski definition) is 1. The van der Waals surface area contributed by atoms with Crippen molar-refractivity contribution in [3.05, 3.63) is 30.0 Å². The zero-order chi connectivity index (χ0) is 16.4. The van der Waals surface area contributed by atoms with E-state index in [1.807, 2.05) is 31.2 Å². The van der Waals surface area contributed by atoms with E-state index >= 15 is 0 Å². The predicted molar refractivity (Wildman–Crippen MR) is 93.4 cm³/mol. The molecule has 0 bridgehead atoms. The van der Waals surface area contributed by atoms with E-state index < -0.39 is 9.84 Å². The Morgan fingerprint density at radius 2 is 1.70 bits per heavy atom. The van der Waals surface area contributed by atoms with Crippen molar-refractivity contribution in [1.82, 2.24) is 9.97 Å². The molecular formula is C17H23N3O2S. The van der Waals surface area contributed by atoms with Crippen LogP contribution in [0.15, 0.2) is 24.3 Å². The average Bonchev–Trinajstić information content (AvgIpc) is 2.52. The molecule has 1 aromatic heterocycles. The second-order valence-corrected chi connectivity index (χ2v) is 8.83.